The third-order valence-electron chi connectivity index (χ3n) is 5.21. The zero-order valence-corrected chi connectivity index (χ0v) is 15.1. The lowest BCUT2D eigenvalue weighted by atomic mass is 9.90. The van der Waals surface area contributed by atoms with E-state index in [2.05, 4.69) is 25.5 Å². The topological polar surface area (TPSA) is 86.8 Å². The summed E-state index contributed by atoms with van der Waals surface area (Å²) >= 11 is 1.53. The monoisotopic (exact) mass is 360 g/mol. The molecule has 2 aromatic heterocycles. The molecule has 0 radical (unpaired) electrons. The Morgan fingerprint density at radius 1 is 1.16 bits per heavy atom. The first-order chi connectivity index (χ1) is 12.3. The van der Waals surface area contributed by atoms with E-state index >= 15 is 0 Å². The Bertz CT molecular complexity index is 694. The van der Waals surface area contributed by atoms with Gasteiger partial charge in [-0.15, -0.1) is 10.2 Å². The van der Waals surface area contributed by atoms with Gasteiger partial charge >= 0.3 is 6.03 Å². The molecule has 1 saturated carbocycles. The van der Waals surface area contributed by atoms with Crippen LogP contribution in [0.1, 0.15) is 74.2 Å². The predicted octanol–water partition coefficient (Wildman–Crippen LogP) is 4.07. The van der Waals surface area contributed by atoms with E-state index in [9.17, 15) is 4.79 Å². The number of H-pyrrole nitrogens is 1. The van der Waals surface area contributed by atoms with Crippen molar-refractivity contribution in [2.75, 3.05) is 11.9 Å². The van der Waals surface area contributed by atoms with Gasteiger partial charge in [0.15, 0.2) is 0 Å². The highest BCUT2D eigenvalue weighted by molar-refractivity contribution is 7.15. The van der Waals surface area contributed by atoms with Gasteiger partial charge in [0.1, 0.15) is 10.8 Å². The molecule has 1 aliphatic carbocycles. The van der Waals surface area contributed by atoms with Crippen LogP contribution in [-0.4, -0.2) is 37.6 Å². The molecule has 2 fully saturated rings. The van der Waals surface area contributed by atoms with Crippen molar-refractivity contribution in [3.8, 4) is 0 Å². The van der Waals surface area contributed by atoms with E-state index in [1.165, 1.54) is 43.4 Å². The first kappa shape index (κ1) is 16.5. The van der Waals surface area contributed by atoms with Gasteiger partial charge in [0.05, 0.1) is 6.04 Å². The van der Waals surface area contributed by atoms with Crippen LogP contribution < -0.4 is 5.32 Å². The lowest BCUT2D eigenvalue weighted by Crippen LogP contribution is -2.41. The Hall–Kier alpha value is -1.96. The number of likely N-dealkylation sites (tertiary alicyclic amines) is 1. The molecular formula is C17H24N6OS. The van der Waals surface area contributed by atoms with E-state index in [1.54, 1.807) is 12.4 Å². The molecule has 4 rings (SSSR count). The average Bonchev–Trinajstić information content (AvgIpc) is 3.34. The molecule has 0 aromatic carbocycles. The quantitative estimate of drug-likeness (QED) is 0.864. The summed E-state index contributed by atoms with van der Waals surface area (Å²) in [6, 6.07) is -0.0954. The molecule has 134 valence electrons. The largest absolute Gasteiger partial charge is 0.347 e. The summed E-state index contributed by atoms with van der Waals surface area (Å²) in [7, 11) is 0. The van der Waals surface area contributed by atoms with E-state index < -0.39 is 0 Å². The zero-order chi connectivity index (χ0) is 17.1. The summed E-state index contributed by atoms with van der Waals surface area (Å²) in [4.78, 5) is 22.1. The van der Waals surface area contributed by atoms with Crippen LogP contribution in [0, 0.1) is 0 Å². The van der Waals surface area contributed by atoms with Crippen LogP contribution in [-0.2, 0) is 0 Å². The van der Waals surface area contributed by atoms with Crippen molar-refractivity contribution in [3.63, 3.8) is 0 Å². The van der Waals surface area contributed by atoms with Crippen molar-refractivity contribution >= 4 is 22.5 Å². The minimum atomic E-state index is -0.104. The molecule has 2 N–H and O–H groups in total. The van der Waals surface area contributed by atoms with Crippen molar-refractivity contribution in [1.29, 1.82) is 0 Å². The SMILES string of the molecule is O=C(Nc1nnc(C2CCCCC2)s1)N1CCCC[C@@H]1c1ncc[nH]1. The maximum Gasteiger partial charge on any atom is 0.324 e. The molecule has 2 aliphatic rings. The van der Waals surface area contributed by atoms with Crippen LogP contribution in [0.15, 0.2) is 12.4 Å². The minimum absolute atomic E-state index is 0.00878. The summed E-state index contributed by atoms with van der Waals surface area (Å²) in [5.41, 5.74) is 0. The molecular weight excluding hydrogens is 336 g/mol. The number of nitrogens with zero attached hydrogens (tertiary/aromatic N) is 4. The Kier molecular flexibility index (Phi) is 4.96. The first-order valence-electron chi connectivity index (χ1n) is 9.21. The number of carbonyl (C=O) groups is 1. The van der Waals surface area contributed by atoms with Gasteiger partial charge in [-0.3, -0.25) is 5.32 Å². The molecule has 2 amide bonds. The number of anilines is 1. The number of nitrogens with one attached hydrogen (secondary N) is 2. The highest BCUT2D eigenvalue weighted by Crippen LogP contribution is 2.35. The number of hydrogen-bond donors (Lipinski definition) is 2. The Balaban J connectivity index is 1.43. The minimum Gasteiger partial charge on any atom is -0.347 e. The first-order valence-corrected chi connectivity index (χ1v) is 10.0. The van der Waals surface area contributed by atoms with Gasteiger partial charge < -0.3 is 9.88 Å². The second-order valence-electron chi connectivity index (χ2n) is 6.89. The van der Waals surface area contributed by atoms with Gasteiger partial charge in [-0.1, -0.05) is 30.6 Å². The van der Waals surface area contributed by atoms with Gasteiger partial charge in [0, 0.05) is 24.9 Å². The van der Waals surface area contributed by atoms with Crippen molar-refractivity contribution in [3.05, 3.63) is 23.2 Å². The number of aromatic amines is 1. The Morgan fingerprint density at radius 3 is 2.80 bits per heavy atom. The number of aromatic nitrogens is 4. The van der Waals surface area contributed by atoms with Crippen molar-refractivity contribution in [1.82, 2.24) is 25.1 Å². The van der Waals surface area contributed by atoms with Crippen LogP contribution in [0.2, 0.25) is 0 Å². The highest BCUT2D eigenvalue weighted by Gasteiger charge is 2.30. The summed E-state index contributed by atoms with van der Waals surface area (Å²) in [5.74, 6) is 1.37. The van der Waals surface area contributed by atoms with E-state index in [4.69, 9.17) is 0 Å². The molecule has 1 aliphatic heterocycles. The number of imidazole rings is 1. The molecule has 0 bridgehead atoms. The molecule has 1 saturated heterocycles. The maximum atomic E-state index is 12.8. The molecule has 7 nitrogen and oxygen atoms in total. The van der Waals surface area contributed by atoms with Crippen LogP contribution in [0.4, 0.5) is 9.93 Å². The van der Waals surface area contributed by atoms with E-state index in [0.717, 1.165) is 36.6 Å². The molecule has 25 heavy (non-hydrogen) atoms. The number of amides is 2. The fourth-order valence-corrected chi connectivity index (χ4v) is 4.78. The maximum absolute atomic E-state index is 12.8. The molecule has 8 heteroatoms. The summed E-state index contributed by atoms with van der Waals surface area (Å²) in [5, 5.41) is 13.1. The van der Waals surface area contributed by atoms with Gasteiger partial charge in [0.2, 0.25) is 5.13 Å². The summed E-state index contributed by atoms with van der Waals surface area (Å²) < 4.78 is 0. The zero-order valence-electron chi connectivity index (χ0n) is 14.3. The van der Waals surface area contributed by atoms with Crippen molar-refractivity contribution in [2.24, 2.45) is 0 Å². The highest BCUT2D eigenvalue weighted by atomic mass is 32.1. The van der Waals surface area contributed by atoms with E-state index in [1.807, 2.05) is 4.90 Å². The lowest BCUT2D eigenvalue weighted by Gasteiger charge is -2.34. The third kappa shape index (κ3) is 3.68. The second-order valence-corrected chi connectivity index (χ2v) is 7.90. The molecule has 3 heterocycles. The van der Waals surface area contributed by atoms with Gasteiger partial charge in [-0.25, -0.2) is 9.78 Å². The van der Waals surface area contributed by atoms with E-state index in [0.29, 0.717) is 11.0 Å². The number of hydrogen-bond acceptors (Lipinski definition) is 5. The standard InChI is InChI=1S/C17H24N6OS/c24-17(23-11-5-4-8-13(23)14-18-9-10-19-14)20-16-22-21-15(25-16)12-6-2-1-3-7-12/h9-10,12-13H,1-8,11H2,(H,18,19)(H,20,22,24)/t13-/m1/s1. The molecule has 0 spiro atoms. The fraction of sp³-hybridized carbons (Fsp3) is 0.647. The average molecular weight is 360 g/mol. The molecule has 1 atom stereocenters. The summed E-state index contributed by atoms with van der Waals surface area (Å²) in [6.07, 6.45) is 12.8. The number of urea groups is 1. The predicted molar refractivity (Wildman–Crippen MR) is 96.6 cm³/mol. The van der Waals surface area contributed by atoms with Crippen LogP contribution in [0.5, 0.6) is 0 Å². The van der Waals surface area contributed by atoms with Crippen molar-refractivity contribution in [2.45, 2.75) is 63.3 Å². The van der Waals surface area contributed by atoms with Crippen molar-refractivity contribution < 1.29 is 4.79 Å². The third-order valence-corrected chi connectivity index (χ3v) is 6.21. The number of rotatable bonds is 3. The van der Waals surface area contributed by atoms with E-state index in [-0.39, 0.29) is 12.1 Å². The van der Waals surface area contributed by atoms with Gasteiger partial charge in [0.25, 0.3) is 0 Å². The number of piperidine rings is 1. The molecule has 2 aromatic rings. The lowest BCUT2D eigenvalue weighted by molar-refractivity contribution is 0.160. The van der Waals surface area contributed by atoms with Crippen LogP contribution >= 0.6 is 11.3 Å². The second kappa shape index (κ2) is 7.51. The smallest absolute Gasteiger partial charge is 0.324 e. The normalized spacial score (nSPS) is 22.1. The van der Waals surface area contributed by atoms with Crippen LogP contribution in [0.3, 0.4) is 0 Å². The van der Waals surface area contributed by atoms with Gasteiger partial charge in [-0.2, -0.15) is 0 Å². The van der Waals surface area contributed by atoms with Crippen LogP contribution in [0.25, 0.3) is 0 Å². The fourth-order valence-electron chi connectivity index (χ4n) is 3.88. The summed E-state index contributed by atoms with van der Waals surface area (Å²) in [6.45, 7) is 0.742. The molecule has 0 unspecified atom stereocenters. The number of carbonyl (C=O) groups excluding carboxylic acids is 1. The Labute approximate surface area is 151 Å². The Morgan fingerprint density at radius 2 is 2.00 bits per heavy atom. The van der Waals surface area contributed by atoms with Gasteiger partial charge in [-0.05, 0) is 32.1 Å².